The summed E-state index contributed by atoms with van der Waals surface area (Å²) in [4.78, 5) is 12.9. The van der Waals surface area contributed by atoms with E-state index in [1.165, 1.54) is 6.20 Å². The minimum Gasteiger partial charge on any atom is -0.258 e. The van der Waals surface area contributed by atoms with E-state index in [4.69, 9.17) is 0 Å². The van der Waals surface area contributed by atoms with E-state index in [-0.39, 0.29) is 5.70 Å². The molecule has 0 saturated heterocycles. The Balaban J connectivity index is 3.90. The molecule has 0 unspecified atom stereocenters. The minimum absolute atomic E-state index is 0.210. The first-order chi connectivity index (χ1) is 4.68. The number of allylic oxidation sites excluding steroid dienone is 2. The summed E-state index contributed by atoms with van der Waals surface area (Å²) in [5.74, 6) is 0. The van der Waals surface area contributed by atoms with Crippen molar-refractivity contribution in [2.24, 2.45) is 4.99 Å². The van der Waals surface area contributed by atoms with Crippen LogP contribution in [0.25, 0.3) is 0 Å². The molecule has 0 aromatic rings. The topological polar surface area (TPSA) is 55.5 Å². The van der Waals surface area contributed by atoms with Gasteiger partial charge in [0, 0.05) is 6.20 Å². The molecule has 0 amide bonds. The number of nitro groups is 1. The van der Waals surface area contributed by atoms with Gasteiger partial charge in [0.05, 0.1) is 4.92 Å². The molecule has 4 nitrogen and oxygen atoms in total. The van der Waals surface area contributed by atoms with Crippen LogP contribution < -0.4 is 0 Å². The summed E-state index contributed by atoms with van der Waals surface area (Å²) in [6, 6.07) is 0. The van der Waals surface area contributed by atoms with Crippen molar-refractivity contribution in [3.8, 4) is 0 Å². The molecule has 0 heterocycles. The quantitative estimate of drug-likeness (QED) is 0.338. The van der Waals surface area contributed by atoms with Gasteiger partial charge in [0.25, 0.3) is 5.70 Å². The molecular weight excluding hydrogens is 132 g/mol. The number of hydrogen-bond donors (Lipinski definition) is 0. The maximum absolute atomic E-state index is 9.88. The molecule has 0 rings (SSSR count). The SMILES string of the molecule is C=C(C=N/C=C/C)[N+](=O)[O-]. The molecule has 4 heteroatoms. The Labute approximate surface area is 58.7 Å². The molecule has 0 fully saturated rings. The number of hydrogen-bond acceptors (Lipinski definition) is 3. The third-order valence-corrected chi connectivity index (χ3v) is 0.693. The number of aliphatic imine (C=N–C) groups is 1. The van der Waals surface area contributed by atoms with Crippen LogP contribution in [0.2, 0.25) is 0 Å². The van der Waals surface area contributed by atoms with Gasteiger partial charge in [-0.25, -0.2) is 0 Å². The molecule has 0 bridgehead atoms. The molecule has 54 valence electrons. The summed E-state index contributed by atoms with van der Waals surface area (Å²) >= 11 is 0. The molecule has 0 aliphatic carbocycles. The van der Waals surface area contributed by atoms with Gasteiger partial charge in [0.2, 0.25) is 0 Å². The Morgan fingerprint density at radius 1 is 1.80 bits per heavy atom. The predicted octanol–water partition coefficient (Wildman–Crippen LogP) is 1.38. The van der Waals surface area contributed by atoms with Gasteiger partial charge in [-0.1, -0.05) is 6.08 Å². The maximum Gasteiger partial charge on any atom is 0.280 e. The highest BCUT2D eigenvalue weighted by molar-refractivity contribution is 5.74. The van der Waals surface area contributed by atoms with Gasteiger partial charge >= 0.3 is 0 Å². The highest BCUT2D eigenvalue weighted by atomic mass is 16.6. The van der Waals surface area contributed by atoms with Crippen LogP contribution in [0.15, 0.2) is 29.5 Å². The van der Waals surface area contributed by atoms with Gasteiger partial charge in [0.15, 0.2) is 0 Å². The van der Waals surface area contributed by atoms with Crippen molar-refractivity contribution in [3.63, 3.8) is 0 Å². The average molecular weight is 140 g/mol. The second-order valence-corrected chi connectivity index (χ2v) is 1.51. The van der Waals surface area contributed by atoms with Crippen LogP contribution in [0, 0.1) is 10.1 Å². The van der Waals surface area contributed by atoms with Crippen LogP contribution in [0.3, 0.4) is 0 Å². The third kappa shape index (κ3) is 3.54. The summed E-state index contributed by atoms with van der Waals surface area (Å²) in [5, 5.41) is 9.88. The van der Waals surface area contributed by atoms with Crippen molar-refractivity contribution in [2.75, 3.05) is 0 Å². The summed E-state index contributed by atoms with van der Waals surface area (Å²) < 4.78 is 0. The third-order valence-electron chi connectivity index (χ3n) is 0.693. The Bertz CT molecular complexity index is 194. The molecule has 0 saturated carbocycles. The van der Waals surface area contributed by atoms with Crippen LogP contribution in [-0.2, 0) is 0 Å². The molecule has 0 aromatic carbocycles. The minimum atomic E-state index is -0.590. The van der Waals surface area contributed by atoms with Crippen molar-refractivity contribution in [3.05, 3.63) is 34.7 Å². The van der Waals surface area contributed by atoms with E-state index in [0.29, 0.717) is 0 Å². The molecule has 0 aromatic heterocycles. The Kier molecular flexibility index (Phi) is 3.79. The van der Waals surface area contributed by atoms with Gasteiger partial charge in [-0.2, -0.15) is 0 Å². The van der Waals surface area contributed by atoms with Crippen molar-refractivity contribution in [1.82, 2.24) is 0 Å². The number of rotatable bonds is 3. The fraction of sp³-hybridized carbons (Fsp3) is 0.167. The average Bonchev–Trinajstić information content (AvgIpc) is 1.88. The first-order valence-electron chi connectivity index (χ1n) is 2.66. The Morgan fingerprint density at radius 3 is 2.80 bits per heavy atom. The molecule has 0 radical (unpaired) electrons. The van der Waals surface area contributed by atoms with Gasteiger partial charge in [-0.05, 0) is 13.5 Å². The summed E-state index contributed by atoms with van der Waals surface area (Å²) in [6.07, 6.45) is 4.22. The lowest BCUT2D eigenvalue weighted by Gasteiger charge is -1.82. The van der Waals surface area contributed by atoms with Crippen molar-refractivity contribution in [2.45, 2.75) is 6.92 Å². The van der Waals surface area contributed by atoms with Crippen LogP contribution in [-0.4, -0.2) is 11.1 Å². The molecule has 0 N–H and O–H groups in total. The van der Waals surface area contributed by atoms with E-state index in [2.05, 4.69) is 11.6 Å². The Morgan fingerprint density at radius 2 is 2.40 bits per heavy atom. The van der Waals surface area contributed by atoms with Gasteiger partial charge in [-0.3, -0.25) is 15.1 Å². The van der Waals surface area contributed by atoms with E-state index < -0.39 is 4.92 Å². The second kappa shape index (κ2) is 4.43. The molecule has 0 spiro atoms. The van der Waals surface area contributed by atoms with Gasteiger partial charge in [-0.15, -0.1) is 0 Å². The molecule has 10 heavy (non-hydrogen) atoms. The highest BCUT2D eigenvalue weighted by Crippen LogP contribution is 1.85. The Hall–Kier alpha value is -1.45. The van der Waals surface area contributed by atoms with Crippen LogP contribution in [0.5, 0.6) is 0 Å². The summed E-state index contributed by atoms with van der Waals surface area (Å²) in [7, 11) is 0. The molecule has 0 aliphatic heterocycles. The first kappa shape index (κ1) is 8.55. The van der Waals surface area contributed by atoms with Gasteiger partial charge in [0.1, 0.15) is 6.21 Å². The zero-order valence-electron chi connectivity index (χ0n) is 5.65. The zero-order valence-corrected chi connectivity index (χ0v) is 5.65. The molecular formula is C6H8N2O2. The van der Waals surface area contributed by atoms with E-state index in [1.807, 2.05) is 0 Å². The van der Waals surface area contributed by atoms with Crippen molar-refractivity contribution in [1.29, 1.82) is 0 Å². The van der Waals surface area contributed by atoms with Crippen LogP contribution in [0.1, 0.15) is 6.92 Å². The van der Waals surface area contributed by atoms with Crippen LogP contribution in [0.4, 0.5) is 0 Å². The van der Waals surface area contributed by atoms with E-state index >= 15 is 0 Å². The standard InChI is InChI=1S/C6H8N2O2/c1-3-4-7-5-6(2)8(9)10/h3-5H,2H2,1H3/b4-3+,7-5?. The highest BCUT2D eigenvalue weighted by Gasteiger charge is 1.98. The second-order valence-electron chi connectivity index (χ2n) is 1.51. The number of nitrogens with zero attached hydrogens (tertiary/aromatic N) is 2. The van der Waals surface area contributed by atoms with Crippen molar-refractivity contribution < 1.29 is 4.92 Å². The zero-order chi connectivity index (χ0) is 7.98. The fourth-order valence-corrected chi connectivity index (χ4v) is 0.262. The van der Waals surface area contributed by atoms with Gasteiger partial charge < -0.3 is 0 Å². The summed E-state index contributed by atoms with van der Waals surface area (Å²) in [5.41, 5.74) is -0.210. The summed E-state index contributed by atoms with van der Waals surface area (Å²) in [6.45, 7) is 4.91. The van der Waals surface area contributed by atoms with Crippen LogP contribution >= 0.6 is 0 Å². The molecule has 0 atom stereocenters. The predicted molar refractivity (Wildman–Crippen MR) is 39.4 cm³/mol. The molecule has 0 aliphatic rings. The lowest BCUT2D eigenvalue weighted by Crippen LogP contribution is -1.96. The lowest BCUT2D eigenvalue weighted by atomic mass is 10.5. The van der Waals surface area contributed by atoms with E-state index in [0.717, 1.165) is 6.21 Å². The first-order valence-corrected chi connectivity index (χ1v) is 2.66. The maximum atomic E-state index is 9.88. The van der Waals surface area contributed by atoms with E-state index in [1.54, 1.807) is 13.0 Å². The van der Waals surface area contributed by atoms with Crippen molar-refractivity contribution >= 4 is 6.21 Å². The monoisotopic (exact) mass is 140 g/mol. The normalized spacial score (nSPS) is 10.9. The van der Waals surface area contributed by atoms with E-state index in [9.17, 15) is 10.1 Å². The largest absolute Gasteiger partial charge is 0.280 e. The fourth-order valence-electron chi connectivity index (χ4n) is 0.262. The smallest absolute Gasteiger partial charge is 0.258 e. The lowest BCUT2D eigenvalue weighted by molar-refractivity contribution is -0.413.